The molecule has 2 heterocycles. The molecule has 2 aromatic carbocycles. The van der Waals surface area contributed by atoms with Crippen molar-refractivity contribution in [1.82, 2.24) is 4.90 Å². The number of ether oxygens (including phenoxy) is 1. The Balaban J connectivity index is 1.71. The third-order valence-corrected chi connectivity index (χ3v) is 14.9. The summed E-state index contributed by atoms with van der Waals surface area (Å²) in [6.45, 7) is 4.76. The Bertz CT molecular complexity index is 1680. The number of β-lactam (4-membered cyclic amide) rings is 1. The van der Waals surface area contributed by atoms with Gasteiger partial charge in [0.15, 0.2) is 5.78 Å². The second kappa shape index (κ2) is 15.1. The number of aliphatic hydroxyl groups is 1. The minimum absolute atomic E-state index is 0.0729. The normalized spacial score (nSPS) is 21.9. The van der Waals surface area contributed by atoms with Gasteiger partial charge < -0.3 is 20.3 Å². The lowest BCUT2D eigenvalue weighted by Gasteiger charge is -2.47. The first kappa shape index (κ1) is 40.1. The molecular formula is C28H39N3O16P2S. The van der Waals surface area contributed by atoms with E-state index in [2.05, 4.69) is 24.9 Å². The second-order valence-electron chi connectivity index (χ2n) is 11.4. The molecule has 22 heteroatoms. The molecule has 0 aromatic heterocycles. The quantitative estimate of drug-likeness (QED) is 0.0398. The van der Waals surface area contributed by atoms with Crippen molar-refractivity contribution in [3.05, 3.63) is 35.9 Å². The van der Waals surface area contributed by atoms with Crippen molar-refractivity contribution in [2.45, 2.75) is 48.1 Å². The molecule has 0 bridgehead atoms. The number of carboxylic acids is 1. The van der Waals surface area contributed by atoms with Crippen LogP contribution in [0.1, 0.15) is 37.6 Å². The number of amides is 1. The van der Waals surface area contributed by atoms with Crippen LogP contribution >= 0.6 is 27.0 Å². The van der Waals surface area contributed by atoms with Gasteiger partial charge in [0.25, 0.3) is 5.08 Å². The number of carbonyl (C=O) groups is 3. The van der Waals surface area contributed by atoms with Crippen molar-refractivity contribution in [3.8, 4) is 5.75 Å². The predicted octanol–water partition coefficient (Wildman–Crippen LogP) is 3.62. The van der Waals surface area contributed by atoms with E-state index in [9.17, 15) is 33.7 Å². The fourth-order valence-corrected chi connectivity index (χ4v) is 11.2. The summed E-state index contributed by atoms with van der Waals surface area (Å²) in [7, 11) is -6.47. The van der Waals surface area contributed by atoms with E-state index in [0.29, 0.717) is 16.5 Å². The molecule has 4 rings (SSSR count). The van der Waals surface area contributed by atoms with Gasteiger partial charge in [0.2, 0.25) is 11.6 Å². The largest absolute Gasteiger partial charge is 0.493 e. The number of hydrogen-bond donors (Lipinski definition) is 4. The summed E-state index contributed by atoms with van der Waals surface area (Å²) >= 11 is 1.13. The average Bonchev–Trinajstić information content (AvgIpc) is 3.23. The molecule has 2 aromatic rings. The van der Waals surface area contributed by atoms with Gasteiger partial charge in [-0.25, -0.2) is 24.3 Å². The van der Waals surface area contributed by atoms with Crippen molar-refractivity contribution < 1.29 is 76.7 Å². The highest BCUT2D eigenvalue weighted by molar-refractivity contribution is 8.01. The van der Waals surface area contributed by atoms with Crippen molar-refractivity contribution in [2.24, 2.45) is 11.7 Å². The molecule has 2 saturated heterocycles. The van der Waals surface area contributed by atoms with Crippen molar-refractivity contribution in [1.29, 1.82) is 0 Å². The van der Waals surface area contributed by atoms with Crippen LogP contribution in [0.25, 0.3) is 10.8 Å². The van der Waals surface area contributed by atoms with Gasteiger partial charge in [0.05, 0.1) is 50.7 Å². The molecule has 50 heavy (non-hydrogen) atoms. The number of anilines is 1. The first-order valence-electron chi connectivity index (χ1n) is 14.8. The zero-order valence-electron chi connectivity index (χ0n) is 28.1. The number of aliphatic carboxylic acids is 1. The Morgan fingerprint density at radius 3 is 2.04 bits per heavy atom. The number of hydrogen-bond acceptors (Lipinski definition) is 18. The molecule has 0 radical (unpaired) electrons. The maximum Gasteiger partial charge on any atom is 0.428 e. The SMILES string of the molecule is CCOc1ccc2ccc(NCCC(O)(P(=O)(OOC)OOC)P(=O)(OOC)OOC)cc2c1C(=O)C1C(=O)N2C1SC(C)(C)C2(N)C(=O)O. The van der Waals surface area contributed by atoms with Gasteiger partial charge in [-0.05, 0) is 49.7 Å². The van der Waals surface area contributed by atoms with Gasteiger partial charge in [0, 0.05) is 18.7 Å². The Morgan fingerprint density at radius 2 is 1.54 bits per heavy atom. The van der Waals surface area contributed by atoms with E-state index < -0.39 is 66.1 Å². The smallest absolute Gasteiger partial charge is 0.428 e. The second-order valence-corrected chi connectivity index (χ2v) is 17.5. The highest BCUT2D eigenvalue weighted by Gasteiger charge is 2.73. The average molecular weight is 768 g/mol. The monoisotopic (exact) mass is 767 g/mol. The van der Waals surface area contributed by atoms with Crippen LogP contribution < -0.4 is 15.8 Å². The highest BCUT2D eigenvalue weighted by atomic mass is 32.2. The number of Topliss-reactive ketones (excluding diaryl/α,β-unsaturated/α-hetero) is 1. The standard InChI is InChI=1S/C28H39N3O16P2S/c1-8-43-19-12-10-16-9-11-17(30-14-13-27(36,48(37,44-39-4)45-40-5)49(38,46-41-6)47-42-7)15-18(16)20(19)22(32)21-23(33)31-24(21)50-26(2,3)28(31,29)25(34)35/h9-12,15,21,24,30,36H,8,13-14,29H2,1-7H3,(H,34,35). The third kappa shape index (κ3) is 6.47. The van der Waals surface area contributed by atoms with E-state index in [0.717, 1.165) is 45.1 Å². The topological polar surface area (TPSA) is 250 Å². The third-order valence-electron chi connectivity index (χ3n) is 8.25. The fraction of sp³-hybridized carbons (Fsp3) is 0.536. The van der Waals surface area contributed by atoms with Crippen LogP contribution in [-0.2, 0) is 57.0 Å². The van der Waals surface area contributed by atoms with Crippen LogP contribution in [-0.4, -0.2) is 95.2 Å². The van der Waals surface area contributed by atoms with Gasteiger partial charge in [-0.3, -0.25) is 29.4 Å². The molecular weight excluding hydrogens is 728 g/mol. The molecule has 0 aliphatic carbocycles. The summed E-state index contributed by atoms with van der Waals surface area (Å²) in [6.07, 6.45) is -0.769. The van der Waals surface area contributed by atoms with E-state index in [1.54, 1.807) is 51.1 Å². The molecule has 0 spiro atoms. The highest BCUT2D eigenvalue weighted by Crippen LogP contribution is 2.78. The van der Waals surface area contributed by atoms with E-state index in [1.165, 1.54) is 0 Å². The lowest BCUT2D eigenvalue weighted by atomic mass is 9.82. The molecule has 2 fully saturated rings. The molecule has 3 atom stereocenters. The number of nitrogens with two attached hydrogens (primary N) is 1. The zero-order valence-corrected chi connectivity index (χ0v) is 30.7. The molecule has 3 unspecified atom stereocenters. The number of nitrogens with zero attached hydrogens (tertiary/aromatic N) is 1. The van der Waals surface area contributed by atoms with Gasteiger partial charge in [-0.15, -0.1) is 30.5 Å². The van der Waals surface area contributed by atoms with Crippen LogP contribution in [0, 0.1) is 5.92 Å². The Morgan fingerprint density at radius 1 is 1.00 bits per heavy atom. The van der Waals surface area contributed by atoms with E-state index in [4.69, 9.17) is 29.2 Å². The van der Waals surface area contributed by atoms with Gasteiger partial charge in [-0.1, -0.05) is 12.1 Å². The van der Waals surface area contributed by atoms with Crippen molar-refractivity contribution in [2.75, 3.05) is 46.9 Å². The summed E-state index contributed by atoms with van der Waals surface area (Å²) in [5, 5.41) is 21.4. The van der Waals surface area contributed by atoms with Gasteiger partial charge in [-0.2, -0.15) is 0 Å². The number of nitrogens with one attached hydrogen (secondary N) is 1. The molecule has 5 N–H and O–H groups in total. The molecule has 19 nitrogen and oxygen atoms in total. The lowest BCUT2D eigenvalue weighted by molar-refractivity contribution is -0.264. The fourth-order valence-electron chi connectivity index (χ4n) is 5.79. The number of benzene rings is 2. The Hall–Kier alpha value is -2.68. The first-order valence-corrected chi connectivity index (χ1v) is 18.8. The minimum atomic E-state index is -5.11. The van der Waals surface area contributed by atoms with Gasteiger partial charge in [0.1, 0.15) is 11.7 Å². The van der Waals surface area contributed by atoms with Gasteiger partial charge >= 0.3 is 21.2 Å². The van der Waals surface area contributed by atoms with Crippen LogP contribution in [0.3, 0.4) is 0 Å². The Kier molecular flexibility index (Phi) is 12.1. The van der Waals surface area contributed by atoms with E-state index in [-0.39, 0.29) is 24.5 Å². The zero-order chi connectivity index (χ0) is 37.3. The summed E-state index contributed by atoms with van der Waals surface area (Å²) < 4.78 is 50.7. The molecule has 278 valence electrons. The van der Waals surface area contributed by atoms with E-state index in [1.807, 2.05) is 0 Å². The van der Waals surface area contributed by atoms with Crippen LogP contribution in [0.15, 0.2) is 30.3 Å². The summed E-state index contributed by atoms with van der Waals surface area (Å²) in [5.41, 5.74) is 4.64. The van der Waals surface area contributed by atoms with Crippen LogP contribution in [0.4, 0.5) is 5.69 Å². The molecule has 0 saturated carbocycles. The van der Waals surface area contributed by atoms with Crippen molar-refractivity contribution in [3.63, 3.8) is 0 Å². The van der Waals surface area contributed by atoms with Crippen LogP contribution in [0.5, 0.6) is 5.75 Å². The first-order chi connectivity index (χ1) is 23.5. The molecule has 1 amide bonds. The number of rotatable bonds is 19. The number of carbonyl (C=O) groups excluding carboxylic acids is 2. The van der Waals surface area contributed by atoms with E-state index >= 15 is 0 Å². The number of thioether (sulfide) groups is 1. The maximum atomic E-state index is 14.3. The number of ketones is 1. The summed E-state index contributed by atoms with van der Waals surface area (Å²) in [6, 6.07) is 8.14. The lowest BCUT2D eigenvalue weighted by Crippen LogP contribution is -2.75. The predicted molar refractivity (Wildman–Crippen MR) is 175 cm³/mol. The number of fused-ring (bicyclic) bond motifs is 2. The maximum absolute atomic E-state index is 14.3. The van der Waals surface area contributed by atoms with Crippen molar-refractivity contribution >= 4 is 61.1 Å². The Labute approximate surface area is 290 Å². The van der Waals surface area contributed by atoms with Crippen LogP contribution in [0.2, 0.25) is 0 Å². The molecule has 2 aliphatic heterocycles. The number of carboxylic acid groups (broad SMARTS) is 1. The molecule has 2 aliphatic rings. The summed E-state index contributed by atoms with van der Waals surface area (Å²) in [4.78, 5) is 58.9. The summed E-state index contributed by atoms with van der Waals surface area (Å²) in [5.74, 6) is -3.77. The minimum Gasteiger partial charge on any atom is -0.493 e.